The van der Waals surface area contributed by atoms with E-state index in [9.17, 15) is 29.5 Å². The summed E-state index contributed by atoms with van der Waals surface area (Å²) in [6.07, 6.45) is -6.81. The highest BCUT2D eigenvalue weighted by Crippen LogP contribution is 2.46. The molecule has 9 atom stereocenters. The lowest BCUT2D eigenvalue weighted by Crippen LogP contribution is -2.40. The van der Waals surface area contributed by atoms with Crippen LogP contribution in [0.4, 0.5) is 5.82 Å². The van der Waals surface area contributed by atoms with Gasteiger partial charge in [-0.05, 0) is 6.07 Å². The van der Waals surface area contributed by atoms with E-state index in [1.165, 1.54) is 32.7 Å². The lowest BCUT2D eigenvalue weighted by molar-refractivity contribution is -0.218. The average Bonchev–Trinajstić information content (AvgIpc) is 3.38. The Morgan fingerprint density at radius 2 is 1.74 bits per heavy atom. The number of methoxy groups -OCH3 is 2. The third kappa shape index (κ3) is 6.21. The summed E-state index contributed by atoms with van der Waals surface area (Å²) in [5.74, 6) is -0.0159. The van der Waals surface area contributed by atoms with Crippen LogP contribution in [0, 0.1) is 0 Å². The molecule has 0 amide bonds. The van der Waals surface area contributed by atoms with E-state index >= 15 is 0 Å². The zero-order valence-corrected chi connectivity index (χ0v) is 22.3. The minimum Gasteiger partial charge on any atom is -0.780 e. The van der Waals surface area contributed by atoms with Crippen LogP contribution < -0.4 is 27.6 Å². The van der Waals surface area contributed by atoms with Gasteiger partial charge < -0.3 is 48.8 Å². The van der Waals surface area contributed by atoms with Crippen LogP contribution in [0.15, 0.2) is 38.9 Å². The molecule has 2 aromatic rings. The lowest BCUT2D eigenvalue weighted by Gasteiger charge is -2.34. The Balaban J connectivity index is 1.47. The number of aliphatic hydroxyl groups excluding tert-OH is 2. The van der Waals surface area contributed by atoms with Gasteiger partial charge in [-0.2, -0.15) is 4.98 Å². The van der Waals surface area contributed by atoms with Gasteiger partial charge in [0.05, 0.1) is 13.2 Å². The van der Waals surface area contributed by atoms with Crippen LogP contribution in [0.5, 0.6) is 0 Å². The fourth-order valence-electron chi connectivity index (χ4n) is 4.38. The second-order valence-electron chi connectivity index (χ2n) is 8.58. The Hall–Kier alpha value is -2.35. The number of nitrogens with two attached hydrogens (primary N) is 1. The van der Waals surface area contributed by atoms with E-state index in [4.69, 9.17) is 45.5 Å². The highest BCUT2D eigenvalue weighted by molar-refractivity contribution is 8.06. The number of nitrogen functional groups attached to an aromatic ring is 1. The van der Waals surface area contributed by atoms with E-state index < -0.39 is 86.0 Å². The Kier molecular flexibility index (Phi) is 9.14. The van der Waals surface area contributed by atoms with Gasteiger partial charge in [0.2, 0.25) is 0 Å². The number of aromatic amines is 1. The third-order valence-corrected chi connectivity index (χ3v) is 7.76. The summed E-state index contributed by atoms with van der Waals surface area (Å²) in [7, 11) is 2.57. The normalized spacial score (nSPS) is 32.3. The number of nitrogens with one attached hydrogen (secondary N) is 1. The number of rotatable bonds is 10. The molecule has 216 valence electrons. The molecule has 4 rings (SSSR count). The molecule has 0 saturated carbocycles. The molecule has 2 aliphatic rings. The molecule has 0 aromatic carbocycles. The van der Waals surface area contributed by atoms with Crippen molar-refractivity contribution in [2.75, 3.05) is 33.2 Å². The molecular formula is C20H27N5O12PS-. The molecule has 39 heavy (non-hydrogen) atoms. The van der Waals surface area contributed by atoms with E-state index in [2.05, 4.69) is 9.97 Å². The minimum absolute atomic E-state index is 0.0159. The van der Waals surface area contributed by atoms with Crippen molar-refractivity contribution in [2.24, 2.45) is 0 Å². The average molecular weight is 593 g/mol. The van der Waals surface area contributed by atoms with Gasteiger partial charge in [0, 0.05) is 32.7 Å². The van der Waals surface area contributed by atoms with E-state index in [1.54, 1.807) is 0 Å². The second kappa shape index (κ2) is 12.0. The summed E-state index contributed by atoms with van der Waals surface area (Å²) in [5, 5.41) is 20.5. The van der Waals surface area contributed by atoms with Crippen molar-refractivity contribution in [1.82, 2.24) is 19.1 Å². The smallest absolute Gasteiger partial charge is 0.351 e. The van der Waals surface area contributed by atoms with Crippen LogP contribution in [0.25, 0.3) is 0 Å². The third-order valence-electron chi connectivity index (χ3n) is 6.22. The zero-order valence-electron chi connectivity index (χ0n) is 20.6. The van der Waals surface area contributed by atoms with Crippen molar-refractivity contribution in [3.8, 4) is 0 Å². The highest BCUT2D eigenvalue weighted by Gasteiger charge is 2.49. The minimum atomic E-state index is -4.35. The maximum Gasteiger partial charge on any atom is 0.351 e. The van der Waals surface area contributed by atoms with Gasteiger partial charge in [0.25, 0.3) is 5.56 Å². The molecule has 17 nitrogen and oxygen atoms in total. The highest BCUT2D eigenvalue weighted by atomic mass is 32.5. The lowest BCUT2D eigenvalue weighted by atomic mass is 10.1. The van der Waals surface area contributed by atoms with Gasteiger partial charge in [0.1, 0.15) is 49.2 Å². The van der Waals surface area contributed by atoms with E-state index in [0.29, 0.717) is 0 Å². The van der Waals surface area contributed by atoms with Crippen LogP contribution in [0.3, 0.4) is 0 Å². The number of anilines is 1. The number of aromatic nitrogens is 4. The Morgan fingerprint density at radius 1 is 1.10 bits per heavy atom. The van der Waals surface area contributed by atoms with Gasteiger partial charge in [-0.15, -0.1) is 0 Å². The summed E-state index contributed by atoms with van der Waals surface area (Å²) in [6.45, 7) is -5.51. The fraction of sp³-hybridized carbons (Fsp3) is 0.600. The predicted molar refractivity (Wildman–Crippen MR) is 132 cm³/mol. The van der Waals surface area contributed by atoms with Gasteiger partial charge in [-0.3, -0.25) is 18.9 Å². The fourth-order valence-corrected chi connectivity index (χ4v) is 5.81. The van der Waals surface area contributed by atoms with Crippen molar-refractivity contribution in [3.05, 3.63) is 55.8 Å². The quantitative estimate of drug-likeness (QED) is 0.196. The van der Waals surface area contributed by atoms with Crippen LogP contribution in [0.2, 0.25) is 0 Å². The first-order valence-electron chi connectivity index (χ1n) is 11.4. The van der Waals surface area contributed by atoms with Crippen LogP contribution in [-0.2, 0) is 39.8 Å². The molecule has 3 unspecified atom stereocenters. The number of aliphatic hydroxyl groups is 2. The molecule has 2 fully saturated rings. The van der Waals surface area contributed by atoms with Gasteiger partial charge in [-0.1, -0.05) is 11.8 Å². The Bertz CT molecular complexity index is 1390. The summed E-state index contributed by atoms with van der Waals surface area (Å²) in [4.78, 5) is 54.7. The van der Waals surface area contributed by atoms with Crippen LogP contribution in [0.1, 0.15) is 12.5 Å². The van der Waals surface area contributed by atoms with Gasteiger partial charge >= 0.3 is 11.4 Å². The van der Waals surface area contributed by atoms with Crippen molar-refractivity contribution in [2.45, 2.75) is 49.1 Å². The summed E-state index contributed by atoms with van der Waals surface area (Å²) < 4.78 is 35.0. The van der Waals surface area contributed by atoms with E-state index in [0.717, 1.165) is 15.2 Å². The SMILES string of the molecule is COC1[C@@H](O)[C@@H](COP([O-])(=S)O[C@@H]2C(OC)[C@H](n3ccc(N)nc3=O)O[C@@H]2CO)O[C@H]1n1ccc(=O)[nH]c1=O. The van der Waals surface area contributed by atoms with Crippen molar-refractivity contribution in [3.63, 3.8) is 0 Å². The Labute approximate surface area is 224 Å². The molecule has 4 heterocycles. The predicted octanol–water partition coefficient (Wildman–Crippen LogP) is -3.46. The van der Waals surface area contributed by atoms with Gasteiger partial charge in [-0.25, -0.2) is 9.59 Å². The standard InChI is InChI=1S/C20H28N5O12PS/c1-32-15-13(28)10(36-17(15)25-6-4-12(27)23-20(25)30)8-34-38(31,39)37-14-9(7-26)35-18(16(14)33-2)24-5-3-11(21)22-19(24)29/h3-6,9-10,13-18,26,28H,7-8H2,1-2H3,(H,31,39)(H2,21,22,29)(H,23,27,30)/p-1/t9-,10-,13+,14+,15?,16?,17-,18-,38?/m1/s1. The zero-order chi connectivity index (χ0) is 28.5. The van der Waals surface area contributed by atoms with Crippen LogP contribution >= 0.6 is 6.72 Å². The van der Waals surface area contributed by atoms with E-state index in [1.807, 2.05) is 0 Å². The number of hydrogen-bond acceptors (Lipinski definition) is 15. The summed E-state index contributed by atoms with van der Waals surface area (Å²) >= 11 is 5.03. The van der Waals surface area contributed by atoms with Gasteiger partial charge in [0.15, 0.2) is 12.5 Å². The number of nitrogens with zero attached hydrogens (tertiary/aromatic N) is 3. The molecule has 0 bridgehead atoms. The van der Waals surface area contributed by atoms with Crippen molar-refractivity contribution < 1.29 is 43.1 Å². The first kappa shape index (κ1) is 29.6. The number of hydrogen-bond donors (Lipinski definition) is 4. The maximum atomic E-state index is 13.1. The number of ether oxygens (including phenoxy) is 4. The largest absolute Gasteiger partial charge is 0.780 e. The molecule has 5 N–H and O–H groups in total. The first-order valence-corrected chi connectivity index (χ1v) is 14.0. The molecule has 0 spiro atoms. The van der Waals surface area contributed by atoms with E-state index in [-0.39, 0.29) is 5.82 Å². The van der Waals surface area contributed by atoms with Crippen LogP contribution in [-0.4, -0.2) is 93.4 Å². The molecular weight excluding hydrogens is 565 g/mol. The molecule has 0 radical (unpaired) electrons. The topological polar surface area (TPSA) is 235 Å². The Morgan fingerprint density at radius 3 is 2.36 bits per heavy atom. The molecule has 0 aliphatic carbocycles. The van der Waals surface area contributed by atoms with Crippen molar-refractivity contribution >= 4 is 24.3 Å². The number of H-pyrrole nitrogens is 1. The van der Waals surface area contributed by atoms with Crippen molar-refractivity contribution in [1.29, 1.82) is 0 Å². The molecule has 19 heteroatoms. The first-order chi connectivity index (χ1) is 18.5. The molecule has 2 aliphatic heterocycles. The second-order valence-corrected chi connectivity index (χ2v) is 11.3. The summed E-state index contributed by atoms with van der Waals surface area (Å²) in [5.41, 5.74) is 3.35. The summed E-state index contributed by atoms with van der Waals surface area (Å²) in [6, 6.07) is 2.45. The maximum absolute atomic E-state index is 13.1. The molecule has 2 aromatic heterocycles. The monoisotopic (exact) mass is 592 g/mol. The molecule has 2 saturated heterocycles.